The van der Waals surface area contributed by atoms with Crippen LogP contribution in [0, 0.1) is 5.82 Å². The van der Waals surface area contributed by atoms with Crippen LogP contribution in [0.2, 0.25) is 0 Å². The number of piperidine rings is 1. The Labute approximate surface area is 147 Å². The molecular formula is C21H22FN3. The Morgan fingerprint density at radius 1 is 1.12 bits per heavy atom. The first-order valence-corrected chi connectivity index (χ1v) is 8.85. The molecule has 1 saturated heterocycles. The van der Waals surface area contributed by atoms with Gasteiger partial charge in [0.2, 0.25) is 0 Å². The lowest BCUT2D eigenvalue weighted by Crippen LogP contribution is -2.34. The number of aromatic nitrogens is 2. The maximum absolute atomic E-state index is 13.6. The molecule has 2 aromatic carbocycles. The molecule has 0 saturated carbocycles. The normalized spacial score (nSPS) is 18.4. The second kappa shape index (κ2) is 7.19. The highest BCUT2D eigenvalue weighted by atomic mass is 19.1. The van der Waals surface area contributed by atoms with Crippen molar-refractivity contribution >= 4 is 0 Å². The molecule has 1 aromatic heterocycles. The van der Waals surface area contributed by atoms with Gasteiger partial charge in [-0.05, 0) is 42.6 Å². The van der Waals surface area contributed by atoms with E-state index in [4.69, 9.17) is 0 Å². The minimum absolute atomic E-state index is 0.209. The molecule has 0 radical (unpaired) electrons. The lowest BCUT2D eigenvalue weighted by atomic mass is 9.90. The third kappa shape index (κ3) is 3.64. The second-order valence-electron chi connectivity index (χ2n) is 6.77. The van der Waals surface area contributed by atoms with Crippen molar-refractivity contribution in [3.8, 4) is 11.1 Å². The zero-order chi connectivity index (χ0) is 17.1. The number of H-pyrrole nitrogens is 1. The minimum atomic E-state index is -0.209. The molecule has 1 aliphatic rings. The average molecular weight is 335 g/mol. The van der Waals surface area contributed by atoms with E-state index in [1.54, 1.807) is 12.1 Å². The van der Waals surface area contributed by atoms with Gasteiger partial charge in [0.1, 0.15) is 5.82 Å². The molecule has 2 heterocycles. The van der Waals surface area contributed by atoms with Crippen molar-refractivity contribution in [2.45, 2.75) is 25.3 Å². The summed E-state index contributed by atoms with van der Waals surface area (Å²) in [5, 5.41) is 7.43. The number of aromatic amines is 1. The highest BCUT2D eigenvalue weighted by Gasteiger charge is 2.25. The van der Waals surface area contributed by atoms with Gasteiger partial charge in [-0.3, -0.25) is 10.00 Å². The van der Waals surface area contributed by atoms with E-state index in [-0.39, 0.29) is 5.82 Å². The van der Waals surface area contributed by atoms with Crippen LogP contribution in [0.1, 0.15) is 30.0 Å². The first-order chi connectivity index (χ1) is 12.3. The van der Waals surface area contributed by atoms with E-state index in [0.717, 1.165) is 42.9 Å². The Kier molecular flexibility index (Phi) is 4.61. The maximum Gasteiger partial charge on any atom is 0.123 e. The van der Waals surface area contributed by atoms with Gasteiger partial charge >= 0.3 is 0 Å². The average Bonchev–Trinajstić information content (AvgIpc) is 3.13. The molecule has 4 heteroatoms. The molecule has 4 rings (SSSR count). The zero-order valence-electron chi connectivity index (χ0n) is 14.2. The largest absolute Gasteiger partial charge is 0.298 e. The first kappa shape index (κ1) is 16.0. The van der Waals surface area contributed by atoms with Crippen molar-refractivity contribution in [1.29, 1.82) is 0 Å². The van der Waals surface area contributed by atoms with Gasteiger partial charge in [0.25, 0.3) is 0 Å². The van der Waals surface area contributed by atoms with Gasteiger partial charge in [0, 0.05) is 30.3 Å². The van der Waals surface area contributed by atoms with E-state index in [1.165, 1.54) is 18.1 Å². The van der Waals surface area contributed by atoms with E-state index < -0.39 is 0 Å². The van der Waals surface area contributed by atoms with Gasteiger partial charge in [-0.1, -0.05) is 42.5 Å². The van der Waals surface area contributed by atoms with Crippen LogP contribution in [-0.4, -0.2) is 28.2 Å². The first-order valence-electron chi connectivity index (χ1n) is 8.85. The topological polar surface area (TPSA) is 31.9 Å². The highest BCUT2D eigenvalue weighted by Crippen LogP contribution is 2.33. The van der Waals surface area contributed by atoms with E-state index >= 15 is 0 Å². The summed E-state index contributed by atoms with van der Waals surface area (Å²) in [7, 11) is 0. The summed E-state index contributed by atoms with van der Waals surface area (Å²) in [5.41, 5.74) is 4.39. The fourth-order valence-corrected chi connectivity index (χ4v) is 3.77. The Morgan fingerprint density at radius 2 is 2.00 bits per heavy atom. The number of nitrogens with one attached hydrogen (secondary N) is 1. The number of benzene rings is 2. The summed E-state index contributed by atoms with van der Waals surface area (Å²) in [6, 6.07) is 17.4. The molecular weight excluding hydrogens is 313 g/mol. The van der Waals surface area contributed by atoms with Crippen LogP contribution >= 0.6 is 0 Å². The molecule has 128 valence electrons. The standard InChI is InChI=1S/C21H22FN3/c22-19-10-4-8-17(12-19)20-13-23-24-21(20)18-9-5-11-25(15-18)14-16-6-2-1-3-7-16/h1-4,6-8,10,12-13,18H,5,9,11,14-15H2,(H,23,24). The van der Waals surface area contributed by atoms with Crippen LogP contribution in [0.25, 0.3) is 11.1 Å². The number of hydrogen-bond acceptors (Lipinski definition) is 2. The number of nitrogens with zero attached hydrogens (tertiary/aromatic N) is 2. The quantitative estimate of drug-likeness (QED) is 0.756. The van der Waals surface area contributed by atoms with Gasteiger partial charge in [-0.15, -0.1) is 0 Å². The van der Waals surface area contributed by atoms with E-state index in [1.807, 2.05) is 12.3 Å². The molecule has 3 nitrogen and oxygen atoms in total. The van der Waals surface area contributed by atoms with Crippen LogP contribution < -0.4 is 0 Å². The molecule has 1 atom stereocenters. The summed E-state index contributed by atoms with van der Waals surface area (Å²) >= 11 is 0. The molecule has 0 amide bonds. The Bertz CT molecular complexity index is 828. The third-order valence-corrected chi connectivity index (χ3v) is 4.97. The summed E-state index contributed by atoms with van der Waals surface area (Å²) in [6.45, 7) is 3.09. The molecule has 1 aliphatic heterocycles. The maximum atomic E-state index is 13.6. The van der Waals surface area contributed by atoms with Crippen molar-refractivity contribution in [2.75, 3.05) is 13.1 Å². The Morgan fingerprint density at radius 3 is 2.84 bits per heavy atom. The lowest BCUT2D eigenvalue weighted by molar-refractivity contribution is 0.198. The summed E-state index contributed by atoms with van der Waals surface area (Å²) in [4.78, 5) is 2.50. The van der Waals surface area contributed by atoms with Crippen molar-refractivity contribution < 1.29 is 4.39 Å². The van der Waals surface area contributed by atoms with E-state index in [9.17, 15) is 4.39 Å². The van der Waals surface area contributed by atoms with Crippen LogP contribution in [0.15, 0.2) is 60.8 Å². The Balaban J connectivity index is 1.53. The van der Waals surface area contributed by atoms with Gasteiger partial charge in [-0.2, -0.15) is 5.10 Å². The molecule has 3 aromatic rings. The SMILES string of the molecule is Fc1cccc(-c2cn[nH]c2C2CCCN(Cc3ccccc3)C2)c1. The number of hydrogen-bond donors (Lipinski definition) is 1. The van der Waals surface area contributed by atoms with Gasteiger partial charge < -0.3 is 0 Å². The van der Waals surface area contributed by atoms with Crippen LogP contribution in [0.3, 0.4) is 0 Å². The van der Waals surface area contributed by atoms with E-state index in [2.05, 4.69) is 45.4 Å². The molecule has 1 fully saturated rings. The predicted molar refractivity (Wildman–Crippen MR) is 97.7 cm³/mol. The Hall–Kier alpha value is -2.46. The highest BCUT2D eigenvalue weighted by molar-refractivity contribution is 5.65. The molecule has 0 aliphatic carbocycles. The van der Waals surface area contributed by atoms with Gasteiger partial charge in [0.15, 0.2) is 0 Å². The second-order valence-corrected chi connectivity index (χ2v) is 6.77. The zero-order valence-corrected chi connectivity index (χ0v) is 14.2. The van der Waals surface area contributed by atoms with Crippen molar-refractivity contribution in [1.82, 2.24) is 15.1 Å². The summed E-state index contributed by atoms with van der Waals surface area (Å²) in [5.74, 6) is 0.192. The monoisotopic (exact) mass is 335 g/mol. The molecule has 1 unspecified atom stereocenters. The van der Waals surface area contributed by atoms with Crippen molar-refractivity contribution in [3.63, 3.8) is 0 Å². The van der Waals surface area contributed by atoms with Gasteiger partial charge in [-0.25, -0.2) is 4.39 Å². The van der Waals surface area contributed by atoms with Crippen LogP contribution in [-0.2, 0) is 6.54 Å². The lowest BCUT2D eigenvalue weighted by Gasteiger charge is -2.32. The van der Waals surface area contributed by atoms with Crippen LogP contribution in [0.5, 0.6) is 0 Å². The van der Waals surface area contributed by atoms with E-state index in [0.29, 0.717) is 5.92 Å². The fraction of sp³-hybridized carbons (Fsp3) is 0.286. The number of halogens is 1. The van der Waals surface area contributed by atoms with Crippen molar-refractivity contribution in [2.24, 2.45) is 0 Å². The molecule has 0 spiro atoms. The predicted octanol–water partition coefficient (Wildman–Crippen LogP) is 4.60. The molecule has 1 N–H and O–H groups in total. The van der Waals surface area contributed by atoms with Crippen LogP contribution in [0.4, 0.5) is 4.39 Å². The number of rotatable bonds is 4. The third-order valence-electron chi connectivity index (χ3n) is 4.97. The molecule has 25 heavy (non-hydrogen) atoms. The minimum Gasteiger partial charge on any atom is -0.298 e. The number of likely N-dealkylation sites (tertiary alicyclic amines) is 1. The fourth-order valence-electron chi connectivity index (χ4n) is 3.77. The summed E-state index contributed by atoms with van der Waals surface area (Å²) < 4.78 is 13.6. The van der Waals surface area contributed by atoms with Crippen molar-refractivity contribution in [3.05, 3.63) is 77.9 Å². The van der Waals surface area contributed by atoms with Gasteiger partial charge in [0.05, 0.1) is 6.20 Å². The molecule has 0 bridgehead atoms. The summed E-state index contributed by atoms with van der Waals surface area (Å²) in [6.07, 6.45) is 4.12. The smallest absolute Gasteiger partial charge is 0.123 e.